The lowest BCUT2D eigenvalue weighted by Crippen LogP contribution is -2.28. The minimum atomic E-state index is -4.67. The van der Waals surface area contributed by atoms with Crippen molar-refractivity contribution in [2.24, 2.45) is 0 Å². The average molecular weight is 322 g/mol. The molecule has 0 spiro atoms. The van der Waals surface area contributed by atoms with E-state index in [1.165, 1.54) is 18.3 Å². The van der Waals surface area contributed by atoms with Gasteiger partial charge in [-0.15, -0.1) is 0 Å². The first-order valence-corrected chi connectivity index (χ1v) is 6.24. The summed E-state index contributed by atoms with van der Waals surface area (Å²) in [6.45, 7) is -0.0387. The van der Waals surface area contributed by atoms with E-state index in [0.717, 1.165) is 10.6 Å². The van der Waals surface area contributed by atoms with E-state index >= 15 is 0 Å². The second-order valence-electron chi connectivity index (χ2n) is 4.13. The molecule has 0 saturated carbocycles. The topological polar surface area (TPSA) is 22.0 Å². The van der Waals surface area contributed by atoms with E-state index in [1.54, 1.807) is 12.1 Å². The molecule has 0 fully saturated rings. The van der Waals surface area contributed by atoms with Crippen molar-refractivity contribution in [1.29, 1.82) is 0 Å². The van der Waals surface area contributed by atoms with Crippen LogP contribution >= 0.6 is 23.2 Å². The molecule has 0 N–H and O–H groups in total. The smallest absolute Gasteiger partial charge is 0.311 e. The maximum Gasteiger partial charge on any atom is 0.421 e. The molecule has 0 atom stereocenters. The Hall–Kier alpha value is -1.46. The molecule has 20 heavy (non-hydrogen) atoms. The lowest BCUT2D eigenvalue weighted by atomic mass is 10.2. The van der Waals surface area contributed by atoms with E-state index < -0.39 is 17.3 Å². The predicted molar refractivity (Wildman–Crippen MR) is 71.3 cm³/mol. The van der Waals surface area contributed by atoms with E-state index in [9.17, 15) is 18.0 Å². The summed E-state index contributed by atoms with van der Waals surface area (Å²) < 4.78 is 38.9. The Labute approximate surface area is 122 Å². The average Bonchev–Trinajstić information content (AvgIpc) is 2.29. The third kappa shape index (κ3) is 3.35. The number of halogens is 5. The third-order valence-corrected chi connectivity index (χ3v) is 3.04. The molecule has 0 aliphatic carbocycles. The van der Waals surface area contributed by atoms with E-state index in [-0.39, 0.29) is 6.54 Å². The Bertz CT molecular complexity index is 674. The van der Waals surface area contributed by atoms with Gasteiger partial charge in [0.15, 0.2) is 0 Å². The van der Waals surface area contributed by atoms with Crippen LogP contribution in [0.3, 0.4) is 0 Å². The molecule has 1 aromatic heterocycles. The van der Waals surface area contributed by atoms with Crippen LogP contribution in [0.15, 0.2) is 41.3 Å². The Morgan fingerprint density at radius 3 is 2.25 bits per heavy atom. The highest BCUT2D eigenvalue weighted by Gasteiger charge is 2.34. The molecule has 0 saturated heterocycles. The molecule has 0 radical (unpaired) electrons. The van der Waals surface area contributed by atoms with Crippen molar-refractivity contribution in [3.8, 4) is 0 Å². The maximum absolute atomic E-state index is 12.6. The molecular formula is C13H8Cl2F3NO. The Morgan fingerprint density at radius 2 is 1.70 bits per heavy atom. The Balaban J connectivity index is 2.42. The van der Waals surface area contributed by atoms with Crippen molar-refractivity contribution in [3.05, 3.63) is 68.1 Å². The van der Waals surface area contributed by atoms with Crippen LogP contribution in [0.2, 0.25) is 10.0 Å². The van der Waals surface area contributed by atoms with Gasteiger partial charge in [0.05, 0.1) is 6.54 Å². The number of hydrogen-bond donors (Lipinski definition) is 0. The highest BCUT2D eigenvalue weighted by atomic mass is 35.5. The fourth-order valence-corrected chi connectivity index (χ4v) is 2.35. The van der Waals surface area contributed by atoms with Gasteiger partial charge in [-0.3, -0.25) is 4.79 Å². The van der Waals surface area contributed by atoms with Crippen molar-refractivity contribution in [2.75, 3.05) is 0 Å². The Kier molecular flexibility index (Phi) is 4.11. The zero-order chi connectivity index (χ0) is 14.9. The molecule has 1 aromatic carbocycles. The van der Waals surface area contributed by atoms with Crippen molar-refractivity contribution < 1.29 is 13.2 Å². The first-order valence-electron chi connectivity index (χ1n) is 5.49. The molecule has 0 aliphatic rings. The molecule has 0 bridgehead atoms. The van der Waals surface area contributed by atoms with Gasteiger partial charge in [-0.25, -0.2) is 0 Å². The number of alkyl halides is 3. The van der Waals surface area contributed by atoms with Crippen LogP contribution in [0, 0.1) is 0 Å². The molecule has 0 unspecified atom stereocenters. The normalized spacial score (nSPS) is 11.7. The fourth-order valence-electron chi connectivity index (χ4n) is 1.78. The van der Waals surface area contributed by atoms with Crippen LogP contribution in [-0.2, 0) is 12.7 Å². The molecule has 2 nitrogen and oxygen atoms in total. The second kappa shape index (κ2) is 5.50. The van der Waals surface area contributed by atoms with Crippen molar-refractivity contribution in [2.45, 2.75) is 12.7 Å². The van der Waals surface area contributed by atoms with Gasteiger partial charge in [0, 0.05) is 16.2 Å². The lowest BCUT2D eigenvalue weighted by Gasteiger charge is -2.10. The van der Waals surface area contributed by atoms with Gasteiger partial charge < -0.3 is 4.57 Å². The summed E-state index contributed by atoms with van der Waals surface area (Å²) in [4.78, 5) is 11.8. The minimum absolute atomic E-state index is 0.0387. The molecule has 0 amide bonds. The van der Waals surface area contributed by atoms with Crippen molar-refractivity contribution in [1.82, 2.24) is 4.57 Å². The van der Waals surface area contributed by atoms with Crippen molar-refractivity contribution in [3.63, 3.8) is 0 Å². The number of nitrogens with zero attached hydrogens (tertiary/aromatic N) is 1. The summed E-state index contributed by atoms with van der Waals surface area (Å²) in [5, 5.41) is 0.708. The predicted octanol–water partition coefficient (Wildman–Crippen LogP) is 4.22. The van der Waals surface area contributed by atoms with Crippen LogP contribution in [0.5, 0.6) is 0 Å². The summed E-state index contributed by atoms with van der Waals surface area (Å²) in [5.41, 5.74) is -1.76. The molecule has 106 valence electrons. The third-order valence-electron chi connectivity index (χ3n) is 2.60. The van der Waals surface area contributed by atoms with Crippen LogP contribution in [0.4, 0.5) is 13.2 Å². The number of benzene rings is 1. The van der Waals surface area contributed by atoms with E-state index in [2.05, 4.69) is 0 Å². The van der Waals surface area contributed by atoms with Crippen LogP contribution in [0.1, 0.15) is 11.1 Å². The Morgan fingerprint density at radius 1 is 1.10 bits per heavy atom. The maximum atomic E-state index is 12.6. The summed E-state index contributed by atoms with van der Waals surface area (Å²) in [7, 11) is 0. The van der Waals surface area contributed by atoms with Crippen LogP contribution < -0.4 is 5.56 Å². The molecular weight excluding hydrogens is 314 g/mol. The SMILES string of the molecule is O=c1c(C(F)(F)F)cccn1Cc1cc(Cl)cc(Cl)c1. The van der Waals surface area contributed by atoms with E-state index in [4.69, 9.17) is 23.2 Å². The largest absolute Gasteiger partial charge is 0.421 e. The van der Waals surface area contributed by atoms with E-state index in [0.29, 0.717) is 15.6 Å². The number of pyridine rings is 1. The summed E-state index contributed by atoms with van der Waals surface area (Å²) in [6.07, 6.45) is -3.39. The summed E-state index contributed by atoms with van der Waals surface area (Å²) in [6, 6.07) is 6.52. The monoisotopic (exact) mass is 321 g/mol. The van der Waals surface area contributed by atoms with Gasteiger partial charge in [0.2, 0.25) is 0 Å². The van der Waals surface area contributed by atoms with Gasteiger partial charge in [-0.1, -0.05) is 23.2 Å². The zero-order valence-electron chi connectivity index (χ0n) is 9.92. The number of aromatic nitrogens is 1. The highest BCUT2D eigenvalue weighted by Crippen LogP contribution is 2.26. The van der Waals surface area contributed by atoms with Gasteiger partial charge in [-0.05, 0) is 35.9 Å². The molecule has 0 aliphatic heterocycles. The fraction of sp³-hybridized carbons (Fsp3) is 0.154. The van der Waals surface area contributed by atoms with Crippen LogP contribution in [0.25, 0.3) is 0 Å². The van der Waals surface area contributed by atoms with Crippen LogP contribution in [-0.4, -0.2) is 4.57 Å². The van der Waals surface area contributed by atoms with Crippen molar-refractivity contribution >= 4 is 23.2 Å². The first kappa shape index (κ1) is 14.9. The standard InChI is InChI=1S/C13H8Cl2F3NO/c14-9-4-8(5-10(15)6-9)7-19-3-1-2-11(12(19)20)13(16,17)18/h1-6H,7H2. The lowest BCUT2D eigenvalue weighted by molar-refractivity contribution is -0.138. The van der Waals surface area contributed by atoms with Gasteiger partial charge in [0.1, 0.15) is 5.56 Å². The highest BCUT2D eigenvalue weighted by molar-refractivity contribution is 6.34. The number of rotatable bonds is 2. The molecule has 2 rings (SSSR count). The minimum Gasteiger partial charge on any atom is -0.311 e. The zero-order valence-corrected chi connectivity index (χ0v) is 11.4. The van der Waals surface area contributed by atoms with Gasteiger partial charge >= 0.3 is 6.18 Å². The number of hydrogen-bond acceptors (Lipinski definition) is 1. The molecule has 1 heterocycles. The molecule has 7 heteroatoms. The molecule has 2 aromatic rings. The van der Waals surface area contributed by atoms with Gasteiger partial charge in [0.25, 0.3) is 5.56 Å². The quantitative estimate of drug-likeness (QED) is 0.811. The summed E-state index contributed by atoms with van der Waals surface area (Å²) in [5.74, 6) is 0. The second-order valence-corrected chi connectivity index (χ2v) is 5.00. The van der Waals surface area contributed by atoms with Gasteiger partial charge in [-0.2, -0.15) is 13.2 Å². The first-order chi connectivity index (χ1) is 9.27. The summed E-state index contributed by atoms with van der Waals surface area (Å²) >= 11 is 11.6. The van der Waals surface area contributed by atoms with E-state index in [1.807, 2.05) is 0 Å².